The van der Waals surface area contributed by atoms with Crippen LogP contribution in [0.15, 0.2) is 58.1 Å². The summed E-state index contributed by atoms with van der Waals surface area (Å²) in [4.78, 5) is 32.1. The third-order valence-electron chi connectivity index (χ3n) is 5.65. The molecule has 0 N–H and O–H groups in total. The number of aryl methyl sites for hydroxylation is 1. The highest BCUT2D eigenvalue weighted by Crippen LogP contribution is 2.33. The second-order valence-electron chi connectivity index (χ2n) is 7.52. The van der Waals surface area contributed by atoms with Gasteiger partial charge in [-0.15, -0.1) is 11.3 Å². The zero-order chi connectivity index (χ0) is 19.3. The van der Waals surface area contributed by atoms with Gasteiger partial charge in [0.2, 0.25) is 5.43 Å². The van der Waals surface area contributed by atoms with Crippen LogP contribution in [-0.2, 0) is 0 Å². The maximum Gasteiger partial charge on any atom is 0.266 e. The molecule has 1 aliphatic rings. The predicted molar refractivity (Wildman–Crippen MR) is 115 cm³/mol. The Bertz CT molecular complexity index is 1310. The van der Waals surface area contributed by atoms with E-state index in [1.807, 2.05) is 49.4 Å². The Balaban J connectivity index is 1.91. The molecule has 0 bridgehead atoms. The lowest BCUT2D eigenvalue weighted by atomic mass is 10.1. The van der Waals surface area contributed by atoms with Gasteiger partial charge in [0.05, 0.1) is 0 Å². The highest BCUT2D eigenvalue weighted by Gasteiger charge is 2.25. The lowest BCUT2D eigenvalue weighted by Crippen LogP contribution is -2.29. The number of hydrogen-bond donors (Lipinski definition) is 0. The summed E-state index contributed by atoms with van der Waals surface area (Å²) in [7, 11) is 0. The molecule has 1 aliphatic carbocycles. The molecule has 2 heterocycles. The van der Waals surface area contributed by atoms with Crippen LogP contribution in [0, 0.1) is 6.92 Å². The van der Waals surface area contributed by atoms with Crippen LogP contribution in [0.2, 0.25) is 0 Å². The quantitative estimate of drug-likeness (QED) is 0.451. The molecule has 0 amide bonds. The molecule has 0 radical (unpaired) electrons. The van der Waals surface area contributed by atoms with Gasteiger partial charge in [0.1, 0.15) is 16.0 Å². The summed E-state index contributed by atoms with van der Waals surface area (Å²) in [5.74, 6) is 0.676. The molecular formula is C23H20N2O2S. The minimum Gasteiger partial charge on any atom is -0.289 e. The molecule has 5 rings (SSSR count). The lowest BCUT2D eigenvalue weighted by Gasteiger charge is -2.19. The summed E-state index contributed by atoms with van der Waals surface area (Å²) in [5, 5.41) is 0.825. The maximum atomic E-state index is 13.6. The second kappa shape index (κ2) is 6.67. The van der Waals surface area contributed by atoms with Gasteiger partial charge < -0.3 is 0 Å². The van der Waals surface area contributed by atoms with Gasteiger partial charge >= 0.3 is 0 Å². The van der Waals surface area contributed by atoms with Gasteiger partial charge in [0.15, 0.2) is 0 Å². The molecule has 140 valence electrons. The zero-order valence-electron chi connectivity index (χ0n) is 15.6. The Morgan fingerprint density at radius 1 is 1.00 bits per heavy atom. The first-order valence-electron chi connectivity index (χ1n) is 9.68. The molecule has 5 heteroatoms. The number of fused-ring (bicyclic) bond motifs is 2. The van der Waals surface area contributed by atoms with E-state index in [2.05, 4.69) is 0 Å². The van der Waals surface area contributed by atoms with Crippen molar-refractivity contribution >= 4 is 31.6 Å². The molecule has 0 atom stereocenters. The van der Waals surface area contributed by atoms with Crippen molar-refractivity contribution in [3.8, 4) is 11.4 Å². The van der Waals surface area contributed by atoms with Crippen molar-refractivity contribution in [2.75, 3.05) is 0 Å². The second-order valence-corrected chi connectivity index (χ2v) is 8.55. The van der Waals surface area contributed by atoms with E-state index in [0.717, 1.165) is 41.5 Å². The van der Waals surface area contributed by atoms with E-state index in [0.29, 0.717) is 16.0 Å². The van der Waals surface area contributed by atoms with Gasteiger partial charge in [-0.05, 0) is 31.9 Å². The maximum absolute atomic E-state index is 13.6. The molecule has 2 aromatic carbocycles. The van der Waals surface area contributed by atoms with Crippen LogP contribution in [0.5, 0.6) is 0 Å². The molecule has 28 heavy (non-hydrogen) atoms. The largest absolute Gasteiger partial charge is 0.289 e. The molecule has 4 nitrogen and oxygen atoms in total. The van der Waals surface area contributed by atoms with E-state index in [1.54, 1.807) is 10.6 Å². The van der Waals surface area contributed by atoms with Crippen molar-refractivity contribution in [1.82, 2.24) is 9.55 Å². The third-order valence-corrected chi connectivity index (χ3v) is 6.71. The number of hydrogen-bond acceptors (Lipinski definition) is 4. The lowest BCUT2D eigenvalue weighted by molar-refractivity contribution is 0.505. The Morgan fingerprint density at radius 2 is 1.71 bits per heavy atom. The third kappa shape index (κ3) is 2.69. The summed E-state index contributed by atoms with van der Waals surface area (Å²) >= 11 is 1.42. The van der Waals surface area contributed by atoms with E-state index in [4.69, 9.17) is 4.98 Å². The van der Waals surface area contributed by atoms with Crippen LogP contribution in [0.4, 0.5) is 0 Å². The van der Waals surface area contributed by atoms with Crippen molar-refractivity contribution < 1.29 is 0 Å². The average Bonchev–Trinajstić information content (AvgIpc) is 3.22. The van der Waals surface area contributed by atoms with Gasteiger partial charge in [-0.1, -0.05) is 54.8 Å². The molecular weight excluding hydrogens is 368 g/mol. The first-order valence-corrected chi connectivity index (χ1v) is 10.5. The molecule has 1 fully saturated rings. The smallest absolute Gasteiger partial charge is 0.266 e. The highest BCUT2D eigenvalue weighted by molar-refractivity contribution is 7.24. The standard InChI is InChI=1S/C23H20N2O2S/c1-14-10-12-15(13-11-14)21-24-22-19(23(27)25(21)16-6-2-3-7-16)20(26)17-8-4-5-9-18(17)28-22/h4-5,8-13,16H,2-3,6-7H2,1H3. The Morgan fingerprint density at radius 3 is 2.46 bits per heavy atom. The fourth-order valence-electron chi connectivity index (χ4n) is 4.17. The molecule has 2 aromatic heterocycles. The topological polar surface area (TPSA) is 52.0 Å². The van der Waals surface area contributed by atoms with Crippen LogP contribution < -0.4 is 11.0 Å². The van der Waals surface area contributed by atoms with E-state index in [-0.39, 0.29) is 22.4 Å². The van der Waals surface area contributed by atoms with Gasteiger partial charge in [-0.25, -0.2) is 4.98 Å². The van der Waals surface area contributed by atoms with Crippen LogP contribution in [0.1, 0.15) is 37.3 Å². The fourth-order valence-corrected chi connectivity index (χ4v) is 5.21. The van der Waals surface area contributed by atoms with Gasteiger partial charge in [-0.2, -0.15) is 0 Å². The molecule has 0 spiro atoms. The molecule has 0 unspecified atom stereocenters. The molecule has 4 aromatic rings. The van der Waals surface area contributed by atoms with Crippen molar-refractivity contribution in [1.29, 1.82) is 0 Å². The summed E-state index contributed by atoms with van der Waals surface area (Å²) in [6.07, 6.45) is 4.12. The Labute approximate surface area is 166 Å². The van der Waals surface area contributed by atoms with Crippen molar-refractivity contribution in [3.05, 3.63) is 74.7 Å². The number of benzene rings is 2. The molecule has 0 saturated heterocycles. The van der Waals surface area contributed by atoms with Crippen LogP contribution >= 0.6 is 11.3 Å². The van der Waals surface area contributed by atoms with E-state index < -0.39 is 0 Å². The molecule has 1 saturated carbocycles. The van der Waals surface area contributed by atoms with Gasteiger partial charge in [-0.3, -0.25) is 14.2 Å². The summed E-state index contributed by atoms with van der Waals surface area (Å²) in [6, 6.07) is 15.7. The summed E-state index contributed by atoms with van der Waals surface area (Å²) in [6.45, 7) is 2.04. The average molecular weight is 388 g/mol. The van der Waals surface area contributed by atoms with Gasteiger partial charge in [0, 0.05) is 21.7 Å². The minimum atomic E-state index is -0.205. The van der Waals surface area contributed by atoms with Gasteiger partial charge in [0.25, 0.3) is 5.56 Å². The minimum absolute atomic E-state index is 0.108. The van der Waals surface area contributed by atoms with Crippen LogP contribution in [-0.4, -0.2) is 9.55 Å². The van der Waals surface area contributed by atoms with Crippen LogP contribution in [0.25, 0.3) is 31.7 Å². The SMILES string of the molecule is Cc1ccc(-c2nc3sc4ccccc4c(=O)c3c(=O)n2C2CCCC2)cc1. The summed E-state index contributed by atoms with van der Waals surface area (Å²) in [5.41, 5.74) is 1.68. The van der Waals surface area contributed by atoms with E-state index in [1.165, 1.54) is 11.3 Å². The fraction of sp³-hybridized carbons (Fsp3) is 0.261. The van der Waals surface area contributed by atoms with Crippen molar-refractivity contribution in [3.63, 3.8) is 0 Å². The van der Waals surface area contributed by atoms with Crippen molar-refractivity contribution in [2.45, 2.75) is 38.6 Å². The van der Waals surface area contributed by atoms with E-state index >= 15 is 0 Å². The number of aromatic nitrogens is 2. The first-order chi connectivity index (χ1) is 13.6. The Kier molecular flexibility index (Phi) is 4.13. The summed E-state index contributed by atoms with van der Waals surface area (Å²) < 4.78 is 2.66. The first kappa shape index (κ1) is 17.3. The molecule has 0 aliphatic heterocycles. The monoisotopic (exact) mass is 388 g/mol. The number of nitrogens with zero attached hydrogens (tertiary/aromatic N) is 2. The van der Waals surface area contributed by atoms with Crippen LogP contribution in [0.3, 0.4) is 0 Å². The Hall–Kier alpha value is -2.79. The zero-order valence-corrected chi connectivity index (χ0v) is 16.5. The normalized spacial score (nSPS) is 14.9. The number of rotatable bonds is 2. The predicted octanol–water partition coefficient (Wildman–Crippen LogP) is 5.06. The van der Waals surface area contributed by atoms with Crippen molar-refractivity contribution in [2.24, 2.45) is 0 Å². The highest BCUT2D eigenvalue weighted by atomic mass is 32.1. The van der Waals surface area contributed by atoms with E-state index in [9.17, 15) is 9.59 Å².